The zero-order chi connectivity index (χ0) is 26.4. The van der Waals surface area contributed by atoms with E-state index in [9.17, 15) is 14.4 Å². The number of aliphatic carboxylic acids is 4. The van der Waals surface area contributed by atoms with Crippen LogP contribution in [0.5, 0.6) is 0 Å². The number of carboxylic acid groups (broad SMARTS) is 4. The molecule has 1 aromatic carbocycles. The second-order valence-corrected chi connectivity index (χ2v) is 7.47. The van der Waals surface area contributed by atoms with Crippen molar-refractivity contribution in [3.8, 4) is 0 Å². The maximum atomic E-state index is 11.8. The lowest BCUT2D eigenvalue weighted by Crippen LogP contribution is -2.42. The summed E-state index contributed by atoms with van der Waals surface area (Å²) in [5.41, 5.74) is 1.24. The summed E-state index contributed by atoms with van der Waals surface area (Å²) in [6.45, 7) is 2.54. The van der Waals surface area contributed by atoms with Gasteiger partial charge in [-0.25, -0.2) is 24.0 Å². The first-order valence-electron chi connectivity index (χ1n) is 10.2. The molecule has 35 heavy (non-hydrogen) atoms. The van der Waals surface area contributed by atoms with Gasteiger partial charge in [-0.3, -0.25) is 0 Å². The molecule has 0 bridgehead atoms. The molecular weight excluding hydrogens is 468 g/mol. The highest BCUT2D eigenvalue weighted by atomic mass is 16.7. The Bertz CT molecular complexity index is 937. The van der Waals surface area contributed by atoms with Crippen LogP contribution in [0.1, 0.15) is 29.6 Å². The maximum absolute atomic E-state index is 11.8. The topological polar surface area (TPSA) is 200 Å². The van der Waals surface area contributed by atoms with E-state index >= 15 is 0 Å². The Morgan fingerprint density at radius 1 is 0.943 bits per heavy atom. The number of hydrogen-bond donors (Lipinski definition) is 4. The van der Waals surface area contributed by atoms with Crippen LogP contribution in [0.15, 0.2) is 47.6 Å². The molecule has 2 heterocycles. The summed E-state index contributed by atoms with van der Waals surface area (Å²) in [6, 6.07) is 8.89. The summed E-state index contributed by atoms with van der Waals surface area (Å²) in [5, 5.41) is 34.4. The smallest absolute Gasteiger partial charge is 0.414 e. The minimum absolute atomic E-state index is 0.0928. The maximum Gasteiger partial charge on any atom is 0.414 e. The molecule has 3 rings (SSSR count). The Balaban J connectivity index is 0.000000363. The number of nitrogens with zero attached hydrogens (tertiary/aromatic N) is 2. The standard InChI is InChI=1S/C16H20N2O3.C4H4O4.C2H2O4/c1-18-9-7-16(8-10-18)11-14(12-20-16)17-21-15(19)13-5-3-2-4-6-13;5-3(6)1-2-4(7)8;3-1(4)2(5)6/h2-6H,7-12H2,1H3;1-2H,(H,5,6)(H,7,8);(H,3,4)(H,5,6)/b17-14+;2-1-;. The van der Waals surface area contributed by atoms with Crippen molar-refractivity contribution in [1.29, 1.82) is 0 Å². The van der Waals surface area contributed by atoms with Gasteiger partial charge in [0.15, 0.2) is 0 Å². The molecule has 1 aromatic rings. The van der Waals surface area contributed by atoms with Crippen molar-refractivity contribution in [3.05, 3.63) is 48.0 Å². The van der Waals surface area contributed by atoms with Gasteiger partial charge in [0.2, 0.25) is 0 Å². The number of ether oxygens (including phenoxy) is 1. The number of carbonyl (C=O) groups is 5. The summed E-state index contributed by atoms with van der Waals surface area (Å²) in [4.78, 5) is 56.5. The molecule has 190 valence electrons. The van der Waals surface area contributed by atoms with E-state index in [0.29, 0.717) is 24.3 Å². The van der Waals surface area contributed by atoms with E-state index in [0.717, 1.165) is 38.1 Å². The second-order valence-electron chi connectivity index (χ2n) is 7.47. The molecule has 2 aliphatic rings. The molecule has 13 nitrogen and oxygen atoms in total. The number of rotatable bonds is 4. The van der Waals surface area contributed by atoms with Crippen molar-refractivity contribution < 1.29 is 54.0 Å². The SMILES string of the molecule is CN1CCC2(CC1)C/C(=N\OC(=O)c1ccccc1)CO2.O=C(O)/C=C\C(=O)O.O=C(O)C(=O)O. The van der Waals surface area contributed by atoms with E-state index in [1.165, 1.54) is 0 Å². The number of oxime groups is 1. The molecule has 1 spiro atoms. The van der Waals surface area contributed by atoms with Gasteiger partial charge in [-0.05, 0) is 32.0 Å². The molecule has 13 heteroatoms. The minimum Gasteiger partial charge on any atom is -0.478 e. The molecule has 2 fully saturated rings. The van der Waals surface area contributed by atoms with E-state index in [-0.39, 0.29) is 5.60 Å². The fraction of sp³-hybridized carbons (Fsp3) is 0.364. The molecule has 0 atom stereocenters. The van der Waals surface area contributed by atoms with E-state index in [2.05, 4.69) is 17.1 Å². The molecule has 2 saturated heterocycles. The summed E-state index contributed by atoms with van der Waals surface area (Å²) >= 11 is 0. The van der Waals surface area contributed by atoms with Crippen molar-refractivity contribution in [1.82, 2.24) is 4.90 Å². The highest BCUT2D eigenvalue weighted by molar-refractivity contribution is 6.27. The van der Waals surface area contributed by atoms with Crippen molar-refractivity contribution in [3.63, 3.8) is 0 Å². The van der Waals surface area contributed by atoms with Crippen LogP contribution in [0.4, 0.5) is 0 Å². The predicted octanol–water partition coefficient (Wildman–Crippen LogP) is 0.952. The van der Waals surface area contributed by atoms with Crippen molar-refractivity contribution in [2.45, 2.75) is 24.9 Å². The Morgan fingerprint density at radius 2 is 1.46 bits per heavy atom. The summed E-state index contributed by atoms with van der Waals surface area (Å²) < 4.78 is 5.93. The van der Waals surface area contributed by atoms with Gasteiger partial charge in [0.25, 0.3) is 0 Å². The number of hydrogen-bond acceptors (Lipinski definition) is 9. The first-order valence-corrected chi connectivity index (χ1v) is 10.2. The van der Waals surface area contributed by atoms with E-state index in [1.807, 2.05) is 6.07 Å². The number of carboxylic acids is 4. The molecule has 4 N–H and O–H groups in total. The summed E-state index contributed by atoms with van der Waals surface area (Å²) in [6.07, 6.45) is 3.90. The Labute approximate surface area is 199 Å². The number of piperidine rings is 1. The van der Waals surface area contributed by atoms with E-state index in [1.54, 1.807) is 24.3 Å². The Morgan fingerprint density at radius 3 is 1.91 bits per heavy atom. The van der Waals surface area contributed by atoms with Crippen LogP contribution in [-0.4, -0.2) is 93.2 Å². The predicted molar refractivity (Wildman–Crippen MR) is 119 cm³/mol. The van der Waals surface area contributed by atoms with Gasteiger partial charge in [-0.2, -0.15) is 0 Å². The van der Waals surface area contributed by atoms with Crippen LogP contribution in [0.3, 0.4) is 0 Å². The average molecular weight is 494 g/mol. The van der Waals surface area contributed by atoms with Crippen LogP contribution in [0.2, 0.25) is 0 Å². The second kappa shape index (κ2) is 14.2. The summed E-state index contributed by atoms with van der Waals surface area (Å²) in [5.74, 6) is -6.59. The first-order chi connectivity index (χ1) is 16.4. The minimum atomic E-state index is -1.82. The molecule has 0 radical (unpaired) electrons. The number of likely N-dealkylation sites (tertiary alicyclic amines) is 1. The fourth-order valence-corrected chi connectivity index (χ4v) is 2.99. The average Bonchev–Trinajstić information content (AvgIpc) is 3.22. The normalized spacial score (nSPS) is 17.6. The molecule has 0 saturated carbocycles. The van der Waals surface area contributed by atoms with Crippen LogP contribution in [0, 0.1) is 0 Å². The quantitative estimate of drug-likeness (QED) is 0.200. The van der Waals surface area contributed by atoms with Gasteiger partial charge in [-0.1, -0.05) is 23.4 Å². The first kappa shape index (κ1) is 28.9. The number of carbonyl (C=O) groups excluding carboxylic acids is 1. The van der Waals surface area contributed by atoms with Crippen LogP contribution >= 0.6 is 0 Å². The van der Waals surface area contributed by atoms with Gasteiger partial charge in [-0.15, -0.1) is 0 Å². The largest absolute Gasteiger partial charge is 0.478 e. The lowest BCUT2D eigenvalue weighted by Gasteiger charge is -2.36. The third-order valence-electron chi connectivity index (χ3n) is 4.79. The molecule has 2 aliphatic heterocycles. The third kappa shape index (κ3) is 11.5. The van der Waals surface area contributed by atoms with Gasteiger partial charge < -0.3 is 34.9 Å². The molecule has 0 unspecified atom stereocenters. The van der Waals surface area contributed by atoms with E-state index < -0.39 is 29.8 Å². The number of benzene rings is 1. The molecular formula is C22H26N2O11. The monoisotopic (exact) mass is 494 g/mol. The van der Waals surface area contributed by atoms with Crippen LogP contribution in [-0.2, 0) is 28.8 Å². The highest BCUT2D eigenvalue weighted by Crippen LogP contribution is 2.34. The zero-order valence-electron chi connectivity index (χ0n) is 18.8. The molecule has 0 aromatic heterocycles. The van der Waals surface area contributed by atoms with Gasteiger partial charge >= 0.3 is 29.8 Å². The summed E-state index contributed by atoms with van der Waals surface area (Å²) in [7, 11) is 2.12. The zero-order valence-corrected chi connectivity index (χ0v) is 18.8. The third-order valence-corrected chi connectivity index (χ3v) is 4.79. The van der Waals surface area contributed by atoms with Gasteiger partial charge in [0, 0.05) is 31.7 Å². The molecule has 0 aliphatic carbocycles. The Hall–Kier alpha value is -4.10. The van der Waals surface area contributed by atoms with Gasteiger partial charge in [0.1, 0.15) is 0 Å². The van der Waals surface area contributed by atoms with Crippen LogP contribution in [0.25, 0.3) is 0 Å². The van der Waals surface area contributed by atoms with Gasteiger partial charge in [0.05, 0.1) is 23.5 Å². The van der Waals surface area contributed by atoms with Crippen molar-refractivity contribution in [2.24, 2.45) is 5.16 Å². The highest BCUT2D eigenvalue weighted by Gasteiger charge is 2.41. The lowest BCUT2D eigenvalue weighted by molar-refractivity contribution is -0.159. The fourth-order valence-electron chi connectivity index (χ4n) is 2.99. The van der Waals surface area contributed by atoms with Crippen molar-refractivity contribution in [2.75, 3.05) is 26.7 Å². The molecule has 0 amide bonds. The lowest BCUT2D eigenvalue weighted by atomic mass is 9.88. The van der Waals surface area contributed by atoms with E-state index in [4.69, 9.17) is 39.6 Å². The Kier molecular flexibility index (Phi) is 11.8. The van der Waals surface area contributed by atoms with Crippen LogP contribution < -0.4 is 0 Å². The van der Waals surface area contributed by atoms with Crippen molar-refractivity contribution >= 4 is 35.6 Å².